The van der Waals surface area contributed by atoms with Crippen molar-refractivity contribution in [2.45, 2.75) is 45.8 Å². The second kappa shape index (κ2) is 6.31. The van der Waals surface area contributed by atoms with Gasteiger partial charge in [0.25, 0.3) is 0 Å². The summed E-state index contributed by atoms with van der Waals surface area (Å²) in [6.45, 7) is 8.88. The lowest BCUT2D eigenvalue weighted by Crippen LogP contribution is -2.10. The van der Waals surface area contributed by atoms with Gasteiger partial charge in [0.15, 0.2) is 0 Å². The minimum absolute atomic E-state index is 0.165. The Hall–Kier alpha value is -1.80. The van der Waals surface area contributed by atoms with Crippen LogP contribution in [0.1, 0.15) is 50.5 Å². The van der Waals surface area contributed by atoms with E-state index < -0.39 is 6.10 Å². The fourth-order valence-corrected chi connectivity index (χ4v) is 2.22. The molecule has 0 heterocycles. The number of rotatable bonds is 4. The molecule has 0 saturated carbocycles. The van der Waals surface area contributed by atoms with Gasteiger partial charge < -0.3 is 9.84 Å². The number of hydrogen-bond donors (Lipinski definition) is 1. The molecule has 2 aromatic rings. The highest BCUT2D eigenvalue weighted by atomic mass is 16.5. The van der Waals surface area contributed by atoms with Crippen molar-refractivity contribution in [3.05, 3.63) is 65.2 Å². The van der Waals surface area contributed by atoms with E-state index in [1.807, 2.05) is 24.3 Å². The largest absolute Gasteiger partial charge is 0.489 e. The summed E-state index contributed by atoms with van der Waals surface area (Å²) in [7, 11) is 0. The first-order valence-electron chi connectivity index (χ1n) is 7.37. The van der Waals surface area contributed by atoms with E-state index >= 15 is 0 Å². The van der Waals surface area contributed by atoms with Crippen LogP contribution in [0.15, 0.2) is 48.5 Å². The van der Waals surface area contributed by atoms with Crippen LogP contribution in [-0.2, 0) is 12.0 Å². The Balaban J connectivity index is 2.07. The van der Waals surface area contributed by atoms with Gasteiger partial charge in [0, 0.05) is 5.56 Å². The molecular weight excluding hydrogens is 260 g/mol. The van der Waals surface area contributed by atoms with Crippen molar-refractivity contribution in [1.29, 1.82) is 0 Å². The van der Waals surface area contributed by atoms with Crippen molar-refractivity contribution < 1.29 is 9.84 Å². The molecule has 2 nitrogen and oxygen atoms in total. The third kappa shape index (κ3) is 4.08. The second-order valence-corrected chi connectivity index (χ2v) is 6.45. The first kappa shape index (κ1) is 15.6. The standard InChI is InChI=1S/C19H24O2/c1-14(20)17-7-5-6-8-18(17)21-13-15-9-11-16(12-10-15)19(2,3)4/h5-12,14,20H,13H2,1-4H3/t14-/m0/s1. The molecule has 0 bridgehead atoms. The minimum Gasteiger partial charge on any atom is -0.489 e. The summed E-state index contributed by atoms with van der Waals surface area (Å²) in [5.41, 5.74) is 3.43. The summed E-state index contributed by atoms with van der Waals surface area (Å²) >= 11 is 0. The monoisotopic (exact) mass is 284 g/mol. The molecule has 0 aliphatic rings. The number of aliphatic hydroxyl groups is 1. The highest BCUT2D eigenvalue weighted by Gasteiger charge is 2.13. The highest BCUT2D eigenvalue weighted by molar-refractivity contribution is 5.35. The lowest BCUT2D eigenvalue weighted by molar-refractivity contribution is 0.190. The Kier molecular flexibility index (Phi) is 4.69. The van der Waals surface area contributed by atoms with E-state index in [1.54, 1.807) is 6.92 Å². The normalized spacial score (nSPS) is 13.0. The Labute approximate surface area is 127 Å². The highest BCUT2D eigenvalue weighted by Crippen LogP contribution is 2.26. The van der Waals surface area contributed by atoms with E-state index in [-0.39, 0.29) is 5.41 Å². The zero-order valence-electron chi connectivity index (χ0n) is 13.3. The van der Waals surface area contributed by atoms with Crippen LogP contribution >= 0.6 is 0 Å². The maximum Gasteiger partial charge on any atom is 0.125 e. The molecule has 0 aromatic heterocycles. The van der Waals surface area contributed by atoms with Gasteiger partial charge in [0.05, 0.1) is 6.10 Å². The summed E-state index contributed by atoms with van der Waals surface area (Å²) in [6.07, 6.45) is -0.524. The number of benzene rings is 2. The number of hydrogen-bond acceptors (Lipinski definition) is 2. The molecule has 0 saturated heterocycles. The van der Waals surface area contributed by atoms with Gasteiger partial charge in [-0.1, -0.05) is 63.2 Å². The van der Waals surface area contributed by atoms with E-state index in [1.165, 1.54) is 5.56 Å². The molecule has 2 aromatic carbocycles. The third-order valence-electron chi connectivity index (χ3n) is 3.58. The number of aliphatic hydroxyl groups excluding tert-OH is 1. The fraction of sp³-hybridized carbons (Fsp3) is 0.368. The topological polar surface area (TPSA) is 29.5 Å². The molecule has 1 N–H and O–H groups in total. The lowest BCUT2D eigenvalue weighted by atomic mass is 9.87. The predicted octanol–water partition coefficient (Wildman–Crippen LogP) is 4.62. The predicted molar refractivity (Wildman–Crippen MR) is 86.5 cm³/mol. The van der Waals surface area contributed by atoms with Crippen LogP contribution in [0.25, 0.3) is 0 Å². The maximum atomic E-state index is 9.75. The fourth-order valence-electron chi connectivity index (χ4n) is 2.22. The summed E-state index contributed by atoms with van der Waals surface area (Å²) in [4.78, 5) is 0. The Morgan fingerprint density at radius 2 is 1.62 bits per heavy atom. The average molecular weight is 284 g/mol. The number of ether oxygens (including phenoxy) is 1. The van der Waals surface area contributed by atoms with Gasteiger partial charge in [-0.15, -0.1) is 0 Å². The maximum absolute atomic E-state index is 9.75. The van der Waals surface area contributed by atoms with Crippen LogP contribution < -0.4 is 4.74 Å². The van der Waals surface area contributed by atoms with Crippen molar-refractivity contribution in [1.82, 2.24) is 0 Å². The van der Waals surface area contributed by atoms with E-state index in [4.69, 9.17) is 4.74 Å². The molecule has 2 heteroatoms. The van der Waals surface area contributed by atoms with Gasteiger partial charge in [-0.2, -0.15) is 0 Å². The molecule has 1 atom stereocenters. The van der Waals surface area contributed by atoms with E-state index in [9.17, 15) is 5.11 Å². The molecule has 0 aliphatic heterocycles. The summed E-state index contributed by atoms with van der Waals surface area (Å²) in [5.74, 6) is 0.743. The van der Waals surface area contributed by atoms with Crippen molar-refractivity contribution in [2.24, 2.45) is 0 Å². The molecule has 0 unspecified atom stereocenters. The van der Waals surface area contributed by atoms with E-state index in [0.29, 0.717) is 6.61 Å². The van der Waals surface area contributed by atoms with Gasteiger partial charge in [-0.3, -0.25) is 0 Å². The van der Waals surface area contributed by atoms with Crippen LogP contribution in [-0.4, -0.2) is 5.11 Å². The van der Waals surface area contributed by atoms with Crippen molar-refractivity contribution >= 4 is 0 Å². The number of para-hydroxylation sites is 1. The summed E-state index contributed by atoms with van der Waals surface area (Å²) in [5, 5.41) is 9.75. The Morgan fingerprint density at radius 3 is 2.19 bits per heavy atom. The smallest absolute Gasteiger partial charge is 0.125 e. The molecular formula is C19H24O2. The van der Waals surface area contributed by atoms with Gasteiger partial charge >= 0.3 is 0 Å². The minimum atomic E-state index is -0.524. The Bertz CT molecular complexity index is 577. The molecule has 0 amide bonds. The average Bonchev–Trinajstić information content (AvgIpc) is 2.45. The van der Waals surface area contributed by atoms with Crippen LogP contribution in [0.4, 0.5) is 0 Å². The van der Waals surface area contributed by atoms with Crippen LogP contribution in [0.2, 0.25) is 0 Å². The molecule has 2 rings (SSSR count). The Morgan fingerprint density at radius 1 is 1.00 bits per heavy atom. The van der Waals surface area contributed by atoms with Crippen LogP contribution in [0.5, 0.6) is 5.75 Å². The SMILES string of the molecule is C[C@H](O)c1ccccc1OCc1ccc(C(C)(C)C)cc1. The molecule has 21 heavy (non-hydrogen) atoms. The second-order valence-electron chi connectivity index (χ2n) is 6.45. The van der Waals surface area contributed by atoms with Crippen molar-refractivity contribution in [2.75, 3.05) is 0 Å². The van der Waals surface area contributed by atoms with Gasteiger partial charge in [0.2, 0.25) is 0 Å². The van der Waals surface area contributed by atoms with Crippen molar-refractivity contribution in [3.8, 4) is 5.75 Å². The third-order valence-corrected chi connectivity index (χ3v) is 3.58. The molecule has 0 aliphatic carbocycles. The molecule has 0 spiro atoms. The zero-order chi connectivity index (χ0) is 15.5. The van der Waals surface area contributed by atoms with Gasteiger partial charge in [0.1, 0.15) is 12.4 Å². The van der Waals surface area contributed by atoms with Crippen LogP contribution in [0, 0.1) is 0 Å². The molecule has 112 valence electrons. The summed E-state index contributed by atoms with van der Waals surface area (Å²) < 4.78 is 5.85. The first-order valence-corrected chi connectivity index (χ1v) is 7.37. The first-order chi connectivity index (χ1) is 9.88. The van der Waals surface area contributed by atoms with E-state index in [2.05, 4.69) is 45.0 Å². The zero-order valence-corrected chi connectivity index (χ0v) is 13.3. The van der Waals surface area contributed by atoms with Crippen LogP contribution in [0.3, 0.4) is 0 Å². The van der Waals surface area contributed by atoms with E-state index in [0.717, 1.165) is 16.9 Å². The summed E-state index contributed by atoms with van der Waals surface area (Å²) in [6, 6.07) is 16.1. The van der Waals surface area contributed by atoms with Gasteiger partial charge in [-0.05, 0) is 29.5 Å². The van der Waals surface area contributed by atoms with Crippen molar-refractivity contribution in [3.63, 3.8) is 0 Å². The molecule has 0 fully saturated rings. The quantitative estimate of drug-likeness (QED) is 0.888. The lowest BCUT2D eigenvalue weighted by Gasteiger charge is -2.19. The van der Waals surface area contributed by atoms with Gasteiger partial charge in [-0.25, -0.2) is 0 Å². The molecule has 0 radical (unpaired) electrons.